The van der Waals surface area contributed by atoms with Crippen molar-refractivity contribution < 1.29 is 12.3 Å². The first-order valence-corrected chi connectivity index (χ1v) is 5.14. The quantitative estimate of drug-likeness (QED) is 0.499. The molecule has 11 heavy (non-hydrogen) atoms. The van der Waals surface area contributed by atoms with Crippen molar-refractivity contribution in [2.45, 2.75) is 32.6 Å². The van der Waals surface area contributed by atoms with Crippen LogP contribution in [0.3, 0.4) is 0 Å². The summed E-state index contributed by atoms with van der Waals surface area (Å²) in [5.74, 6) is 0. The van der Waals surface area contributed by atoms with Crippen molar-refractivity contribution in [1.82, 2.24) is 4.72 Å². The Morgan fingerprint density at radius 1 is 1.27 bits per heavy atom. The largest absolute Gasteiger partial charge is 0.372 e. The van der Waals surface area contributed by atoms with Crippen LogP contribution < -0.4 is 4.72 Å². The van der Waals surface area contributed by atoms with E-state index in [4.69, 9.17) is 0 Å². The molecule has 0 unspecified atom stereocenters. The van der Waals surface area contributed by atoms with Crippen molar-refractivity contribution in [3.63, 3.8) is 0 Å². The third kappa shape index (κ3) is 9.84. The molecule has 0 aromatic carbocycles. The Labute approximate surface area is 67.3 Å². The number of rotatable bonds is 6. The van der Waals surface area contributed by atoms with Crippen LogP contribution in [-0.4, -0.2) is 15.0 Å². The first-order chi connectivity index (χ1) is 5.06. The minimum absolute atomic E-state index is 0.207. The van der Waals surface area contributed by atoms with Crippen LogP contribution in [0.1, 0.15) is 32.6 Å². The Balaban J connectivity index is 3.16. The highest BCUT2D eigenvalue weighted by Gasteiger charge is 2.02. The molecule has 0 fully saturated rings. The molecule has 3 nitrogen and oxygen atoms in total. The molecule has 0 bridgehead atoms. The van der Waals surface area contributed by atoms with Crippen LogP contribution in [0.2, 0.25) is 0 Å². The third-order valence-electron chi connectivity index (χ3n) is 1.30. The van der Waals surface area contributed by atoms with Gasteiger partial charge in [-0.25, -0.2) is 0 Å². The maximum absolute atomic E-state index is 11.8. The lowest BCUT2D eigenvalue weighted by Crippen LogP contribution is -2.19. The fourth-order valence-corrected chi connectivity index (χ4v) is 1.13. The van der Waals surface area contributed by atoms with Crippen molar-refractivity contribution >= 4 is 10.4 Å². The highest BCUT2D eigenvalue weighted by atomic mass is 32.3. The number of unbranched alkanes of at least 4 members (excludes halogenated alkanes) is 3. The molecular weight excluding hydrogens is 169 g/mol. The fraction of sp³-hybridized carbons (Fsp3) is 1.00. The molecule has 0 aromatic rings. The monoisotopic (exact) mass is 183 g/mol. The van der Waals surface area contributed by atoms with Crippen LogP contribution in [0.25, 0.3) is 0 Å². The van der Waals surface area contributed by atoms with Crippen LogP contribution in [0.5, 0.6) is 0 Å². The summed E-state index contributed by atoms with van der Waals surface area (Å²) in [5.41, 5.74) is 0. The van der Waals surface area contributed by atoms with E-state index < -0.39 is 10.4 Å². The maximum Gasteiger partial charge on any atom is 0.372 e. The van der Waals surface area contributed by atoms with Gasteiger partial charge in [-0.3, -0.25) is 0 Å². The SMILES string of the molecule is CCCCCCNS(=O)(=O)F. The molecule has 5 heteroatoms. The van der Waals surface area contributed by atoms with Gasteiger partial charge in [-0.05, 0) is 6.42 Å². The van der Waals surface area contributed by atoms with Gasteiger partial charge in [0.25, 0.3) is 0 Å². The van der Waals surface area contributed by atoms with Gasteiger partial charge in [0.1, 0.15) is 0 Å². The number of halogens is 1. The van der Waals surface area contributed by atoms with Crippen molar-refractivity contribution in [2.24, 2.45) is 0 Å². The van der Waals surface area contributed by atoms with Crippen molar-refractivity contribution in [2.75, 3.05) is 6.54 Å². The summed E-state index contributed by atoms with van der Waals surface area (Å²) in [5, 5.41) is 0. The number of nitrogens with one attached hydrogen (secondary N) is 1. The Kier molecular flexibility index (Phi) is 5.41. The first-order valence-electron chi connectivity index (χ1n) is 3.75. The maximum atomic E-state index is 11.8. The van der Waals surface area contributed by atoms with Crippen LogP contribution >= 0.6 is 0 Å². The van der Waals surface area contributed by atoms with Gasteiger partial charge in [-0.15, -0.1) is 0 Å². The highest BCUT2D eigenvalue weighted by molar-refractivity contribution is 7.84. The Bertz CT molecular complexity index is 179. The van der Waals surface area contributed by atoms with E-state index in [1.165, 1.54) is 0 Å². The molecule has 0 aromatic heterocycles. The van der Waals surface area contributed by atoms with E-state index in [1.807, 2.05) is 0 Å². The first kappa shape index (κ1) is 10.8. The molecule has 0 rings (SSSR count). The van der Waals surface area contributed by atoms with Crippen LogP contribution in [0.4, 0.5) is 3.89 Å². The molecule has 0 aliphatic carbocycles. The van der Waals surface area contributed by atoms with E-state index in [0.717, 1.165) is 19.3 Å². The van der Waals surface area contributed by atoms with Gasteiger partial charge in [0.2, 0.25) is 0 Å². The second kappa shape index (κ2) is 5.49. The lowest BCUT2D eigenvalue weighted by molar-refractivity contribution is 0.530. The van der Waals surface area contributed by atoms with Gasteiger partial charge < -0.3 is 0 Å². The van der Waals surface area contributed by atoms with Crippen molar-refractivity contribution in [3.05, 3.63) is 0 Å². The zero-order valence-corrected chi connectivity index (χ0v) is 7.45. The highest BCUT2D eigenvalue weighted by Crippen LogP contribution is 1.97. The molecule has 0 saturated carbocycles. The predicted octanol–water partition coefficient (Wildman–Crippen LogP) is 1.37. The molecule has 0 spiro atoms. The van der Waals surface area contributed by atoms with Crippen LogP contribution in [-0.2, 0) is 10.4 Å². The average Bonchev–Trinajstić information content (AvgIpc) is 1.85. The molecule has 0 atom stereocenters. The predicted molar refractivity (Wildman–Crippen MR) is 42.2 cm³/mol. The van der Waals surface area contributed by atoms with Gasteiger partial charge in [0.05, 0.1) is 0 Å². The Morgan fingerprint density at radius 3 is 2.36 bits per heavy atom. The molecule has 0 aliphatic heterocycles. The Morgan fingerprint density at radius 2 is 1.91 bits per heavy atom. The summed E-state index contributed by atoms with van der Waals surface area (Å²) in [6, 6.07) is 0. The van der Waals surface area contributed by atoms with E-state index in [-0.39, 0.29) is 6.54 Å². The van der Waals surface area contributed by atoms with Crippen molar-refractivity contribution in [1.29, 1.82) is 0 Å². The van der Waals surface area contributed by atoms with Crippen LogP contribution in [0, 0.1) is 0 Å². The fourth-order valence-electron chi connectivity index (χ4n) is 0.746. The van der Waals surface area contributed by atoms with Gasteiger partial charge in [0, 0.05) is 6.54 Å². The topological polar surface area (TPSA) is 46.2 Å². The zero-order valence-electron chi connectivity index (χ0n) is 6.64. The molecule has 0 aliphatic rings. The molecule has 0 radical (unpaired) electrons. The number of hydrogen-bond donors (Lipinski definition) is 1. The molecule has 1 N–H and O–H groups in total. The minimum atomic E-state index is -4.46. The minimum Gasteiger partial charge on any atom is -0.188 e. The van der Waals surface area contributed by atoms with Gasteiger partial charge in [-0.2, -0.15) is 13.1 Å². The van der Waals surface area contributed by atoms with E-state index in [2.05, 4.69) is 6.92 Å². The van der Waals surface area contributed by atoms with Gasteiger partial charge >= 0.3 is 10.4 Å². The summed E-state index contributed by atoms with van der Waals surface area (Å²) >= 11 is 0. The smallest absolute Gasteiger partial charge is 0.188 e. The van der Waals surface area contributed by atoms with Gasteiger partial charge in [0.15, 0.2) is 0 Å². The summed E-state index contributed by atoms with van der Waals surface area (Å²) in [6.45, 7) is 2.26. The van der Waals surface area contributed by atoms with Crippen molar-refractivity contribution in [3.8, 4) is 0 Å². The Hall–Kier alpha value is -0.160. The molecular formula is C6H14FNO2S. The summed E-state index contributed by atoms with van der Waals surface area (Å²) in [6.07, 6.45) is 3.80. The standard InChI is InChI=1S/C6H14FNO2S/c1-2-3-4-5-6-8-11(7,9)10/h8H,2-6H2,1H3. The van der Waals surface area contributed by atoms with E-state index in [9.17, 15) is 12.3 Å². The van der Waals surface area contributed by atoms with Gasteiger partial charge in [-0.1, -0.05) is 30.1 Å². The summed E-state index contributed by atoms with van der Waals surface area (Å²) in [4.78, 5) is 0. The third-order valence-corrected chi connectivity index (χ3v) is 1.85. The zero-order chi connectivity index (χ0) is 8.74. The van der Waals surface area contributed by atoms with Crippen LogP contribution in [0.15, 0.2) is 0 Å². The summed E-state index contributed by atoms with van der Waals surface area (Å²) in [7, 11) is -4.46. The average molecular weight is 183 g/mol. The second-order valence-electron chi connectivity index (χ2n) is 2.39. The lowest BCUT2D eigenvalue weighted by Gasteiger charge is -1.97. The molecule has 0 heterocycles. The summed E-state index contributed by atoms with van der Waals surface area (Å²) < 4.78 is 33.3. The molecule has 0 amide bonds. The number of hydrogen-bond acceptors (Lipinski definition) is 2. The van der Waals surface area contributed by atoms with E-state index in [0.29, 0.717) is 6.42 Å². The molecule has 68 valence electrons. The lowest BCUT2D eigenvalue weighted by atomic mass is 10.2. The molecule has 0 saturated heterocycles. The van der Waals surface area contributed by atoms with E-state index >= 15 is 0 Å². The normalized spacial score (nSPS) is 11.8. The second-order valence-corrected chi connectivity index (χ2v) is 3.56. The van der Waals surface area contributed by atoms with E-state index in [1.54, 1.807) is 4.72 Å².